The van der Waals surface area contributed by atoms with Crippen LogP contribution in [-0.2, 0) is 22.2 Å². The summed E-state index contributed by atoms with van der Waals surface area (Å²) >= 11 is 0. The van der Waals surface area contributed by atoms with Crippen molar-refractivity contribution in [3.63, 3.8) is 0 Å². The molecule has 168 valence electrons. The van der Waals surface area contributed by atoms with Crippen LogP contribution in [0.3, 0.4) is 0 Å². The smallest absolute Gasteiger partial charge is 0.251 e. The summed E-state index contributed by atoms with van der Waals surface area (Å²) in [5.74, 6) is 0.639. The third-order valence-electron chi connectivity index (χ3n) is 5.51. The number of rotatable bonds is 9. The number of likely N-dealkylation sites (N-methyl/N-ethyl adjacent to an activating group) is 1. The number of piperazine rings is 1. The highest BCUT2D eigenvalue weighted by molar-refractivity contribution is 7.88. The second-order valence-electron chi connectivity index (χ2n) is 7.86. The molecule has 0 radical (unpaired) electrons. The lowest BCUT2D eigenvalue weighted by atomic mass is 10.1. The number of carbonyl (C=O) groups is 1. The third kappa shape index (κ3) is 6.78. The predicted octanol–water partition coefficient (Wildman–Crippen LogP) is 2.14. The molecule has 8 heteroatoms. The summed E-state index contributed by atoms with van der Waals surface area (Å²) in [6.45, 7) is 3.11. The fourth-order valence-electron chi connectivity index (χ4n) is 3.51. The van der Waals surface area contributed by atoms with Gasteiger partial charge in [0.15, 0.2) is 0 Å². The Labute approximate surface area is 185 Å². The summed E-state index contributed by atoms with van der Waals surface area (Å²) in [4.78, 5) is 14.5. The highest BCUT2D eigenvalue weighted by Crippen LogP contribution is 2.15. The van der Waals surface area contributed by atoms with Crippen molar-refractivity contribution in [1.82, 2.24) is 14.5 Å². The van der Waals surface area contributed by atoms with E-state index in [2.05, 4.69) is 10.2 Å². The van der Waals surface area contributed by atoms with Crippen molar-refractivity contribution in [2.24, 2.45) is 0 Å². The number of nitrogens with one attached hydrogen (secondary N) is 1. The minimum atomic E-state index is -3.34. The van der Waals surface area contributed by atoms with Crippen molar-refractivity contribution in [3.8, 4) is 5.75 Å². The molecule has 0 saturated carbocycles. The van der Waals surface area contributed by atoms with Gasteiger partial charge in [0.25, 0.3) is 5.91 Å². The minimum absolute atomic E-state index is 0.0412. The molecule has 31 heavy (non-hydrogen) atoms. The molecule has 0 unspecified atom stereocenters. The number of hydrogen-bond donors (Lipinski definition) is 1. The van der Waals surface area contributed by atoms with Crippen LogP contribution >= 0.6 is 0 Å². The fraction of sp³-hybridized carbons (Fsp3) is 0.435. The number of hydrogen-bond acceptors (Lipinski definition) is 5. The van der Waals surface area contributed by atoms with Gasteiger partial charge in [-0.25, -0.2) is 8.42 Å². The van der Waals surface area contributed by atoms with E-state index in [1.165, 1.54) is 5.56 Å². The van der Waals surface area contributed by atoms with E-state index in [-0.39, 0.29) is 11.7 Å². The van der Waals surface area contributed by atoms with Gasteiger partial charge in [-0.2, -0.15) is 4.31 Å². The van der Waals surface area contributed by atoms with Crippen LogP contribution in [0.4, 0.5) is 0 Å². The normalized spacial score (nSPS) is 15.5. The van der Waals surface area contributed by atoms with Crippen molar-refractivity contribution in [1.29, 1.82) is 0 Å². The highest BCUT2D eigenvalue weighted by atomic mass is 32.2. The van der Waals surface area contributed by atoms with Crippen molar-refractivity contribution in [2.75, 3.05) is 46.9 Å². The SMILES string of the molecule is COc1ccc(CCCNC(=O)c2ccc(CS(=O)(=O)N3CCN(C)CC3)cc2)cc1. The van der Waals surface area contributed by atoms with Crippen LogP contribution < -0.4 is 10.1 Å². The van der Waals surface area contributed by atoms with E-state index in [4.69, 9.17) is 4.74 Å². The average molecular weight is 446 g/mol. The van der Waals surface area contributed by atoms with Gasteiger partial charge in [0, 0.05) is 38.3 Å². The van der Waals surface area contributed by atoms with Gasteiger partial charge in [-0.05, 0) is 55.3 Å². The number of benzene rings is 2. The Morgan fingerprint density at radius 3 is 2.19 bits per heavy atom. The molecular weight excluding hydrogens is 414 g/mol. The van der Waals surface area contributed by atoms with Crippen molar-refractivity contribution in [2.45, 2.75) is 18.6 Å². The Hall–Kier alpha value is -2.42. The van der Waals surface area contributed by atoms with Gasteiger partial charge in [-0.1, -0.05) is 24.3 Å². The monoisotopic (exact) mass is 445 g/mol. The summed E-state index contributed by atoms with van der Waals surface area (Å²) in [6, 6.07) is 14.7. The second-order valence-corrected chi connectivity index (χ2v) is 9.83. The molecule has 3 rings (SSSR count). The first kappa shape index (κ1) is 23.2. The van der Waals surface area contributed by atoms with Gasteiger partial charge in [0.1, 0.15) is 5.75 Å². The summed E-state index contributed by atoms with van der Waals surface area (Å²) in [6.07, 6.45) is 1.70. The van der Waals surface area contributed by atoms with Crippen LogP contribution in [0, 0.1) is 0 Å². The van der Waals surface area contributed by atoms with Gasteiger partial charge in [-0.3, -0.25) is 4.79 Å². The Balaban J connectivity index is 1.45. The molecule has 0 spiro atoms. The Morgan fingerprint density at radius 2 is 1.58 bits per heavy atom. The quantitative estimate of drug-likeness (QED) is 0.599. The van der Waals surface area contributed by atoms with Gasteiger partial charge < -0.3 is 15.0 Å². The molecule has 2 aromatic rings. The van der Waals surface area contributed by atoms with E-state index in [0.29, 0.717) is 30.8 Å². The zero-order chi connectivity index (χ0) is 22.3. The van der Waals surface area contributed by atoms with Gasteiger partial charge in [0.2, 0.25) is 10.0 Å². The first-order valence-corrected chi connectivity index (χ1v) is 12.1. The second kappa shape index (κ2) is 10.7. The lowest BCUT2D eigenvalue weighted by molar-refractivity contribution is 0.0953. The largest absolute Gasteiger partial charge is 0.497 e. The molecule has 1 fully saturated rings. The van der Waals surface area contributed by atoms with E-state index in [1.54, 1.807) is 35.7 Å². The van der Waals surface area contributed by atoms with Crippen LogP contribution in [-0.4, -0.2) is 70.4 Å². The molecule has 0 atom stereocenters. The number of aryl methyl sites for hydroxylation is 1. The Kier molecular flexibility index (Phi) is 8.06. The first-order valence-electron chi connectivity index (χ1n) is 10.5. The zero-order valence-corrected chi connectivity index (χ0v) is 19.0. The number of sulfonamides is 1. The Bertz CT molecular complexity index is 951. The number of amides is 1. The van der Waals surface area contributed by atoms with Crippen LogP contribution in [0.15, 0.2) is 48.5 Å². The van der Waals surface area contributed by atoms with Crippen LogP contribution in [0.1, 0.15) is 27.9 Å². The van der Waals surface area contributed by atoms with Gasteiger partial charge >= 0.3 is 0 Å². The van der Waals surface area contributed by atoms with Crippen molar-refractivity contribution >= 4 is 15.9 Å². The van der Waals surface area contributed by atoms with E-state index >= 15 is 0 Å². The predicted molar refractivity (Wildman–Crippen MR) is 122 cm³/mol. The standard InChI is InChI=1S/C23H31N3O4S/c1-25-14-16-26(17-15-25)31(28,29)18-20-5-9-21(10-6-20)23(27)24-13-3-4-19-7-11-22(30-2)12-8-19/h5-12H,3-4,13-18H2,1-2H3,(H,24,27). The molecule has 1 heterocycles. The molecule has 0 aromatic heterocycles. The number of ether oxygens (including phenoxy) is 1. The summed E-state index contributed by atoms with van der Waals surface area (Å²) in [7, 11) is 0.292. The molecular formula is C23H31N3O4S. The number of carbonyl (C=O) groups excluding carboxylic acids is 1. The number of nitrogens with zero attached hydrogens (tertiary/aromatic N) is 2. The summed E-state index contributed by atoms with van der Waals surface area (Å²) in [5, 5.41) is 2.92. The lowest BCUT2D eigenvalue weighted by Gasteiger charge is -2.31. The van der Waals surface area contributed by atoms with Gasteiger partial charge in [0.05, 0.1) is 12.9 Å². The average Bonchev–Trinajstić information content (AvgIpc) is 2.77. The number of methoxy groups -OCH3 is 1. The maximum absolute atomic E-state index is 12.6. The fourth-order valence-corrected chi connectivity index (χ4v) is 5.03. The molecule has 0 aliphatic carbocycles. The third-order valence-corrected chi connectivity index (χ3v) is 7.36. The molecule has 7 nitrogen and oxygen atoms in total. The van der Waals surface area contributed by atoms with Crippen LogP contribution in [0.5, 0.6) is 5.75 Å². The highest BCUT2D eigenvalue weighted by Gasteiger charge is 2.25. The topological polar surface area (TPSA) is 78.9 Å². The maximum atomic E-state index is 12.6. The molecule has 1 amide bonds. The van der Waals surface area contributed by atoms with Crippen LogP contribution in [0.2, 0.25) is 0 Å². The molecule has 0 bridgehead atoms. The molecule has 1 aliphatic heterocycles. The summed E-state index contributed by atoms with van der Waals surface area (Å²) < 4.78 is 32.0. The summed E-state index contributed by atoms with van der Waals surface area (Å²) in [5.41, 5.74) is 2.42. The minimum Gasteiger partial charge on any atom is -0.497 e. The molecule has 1 N–H and O–H groups in total. The van der Waals surface area contributed by atoms with E-state index in [0.717, 1.165) is 31.7 Å². The maximum Gasteiger partial charge on any atom is 0.251 e. The molecule has 2 aromatic carbocycles. The zero-order valence-electron chi connectivity index (χ0n) is 18.2. The van der Waals surface area contributed by atoms with E-state index in [1.807, 2.05) is 31.3 Å². The van der Waals surface area contributed by atoms with E-state index < -0.39 is 10.0 Å². The molecule has 1 aliphatic rings. The van der Waals surface area contributed by atoms with Crippen molar-refractivity contribution in [3.05, 3.63) is 65.2 Å². The first-order chi connectivity index (χ1) is 14.9. The van der Waals surface area contributed by atoms with Crippen LogP contribution in [0.25, 0.3) is 0 Å². The Morgan fingerprint density at radius 1 is 0.968 bits per heavy atom. The molecule has 1 saturated heterocycles. The lowest BCUT2D eigenvalue weighted by Crippen LogP contribution is -2.47. The van der Waals surface area contributed by atoms with E-state index in [9.17, 15) is 13.2 Å². The van der Waals surface area contributed by atoms with Gasteiger partial charge in [-0.15, -0.1) is 0 Å². The van der Waals surface area contributed by atoms with Crippen molar-refractivity contribution < 1.29 is 17.9 Å².